The van der Waals surface area contributed by atoms with Gasteiger partial charge in [-0.1, -0.05) is 6.07 Å². The van der Waals surface area contributed by atoms with Crippen LogP contribution in [0.5, 0.6) is 0 Å². The first kappa shape index (κ1) is 16.4. The molecule has 2 aliphatic heterocycles. The Morgan fingerprint density at radius 2 is 2.22 bits per heavy atom. The lowest BCUT2D eigenvalue weighted by Gasteiger charge is -2.22. The molecule has 2 heterocycles. The predicted molar refractivity (Wildman–Crippen MR) is 85.7 cm³/mol. The van der Waals surface area contributed by atoms with Gasteiger partial charge >= 0.3 is 0 Å². The SMILES string of the molecule is CNS(=O)(=O)c1ccc2c(c1)N(C(=O)[C@@H]1CC[C@H](CN)O1)CC2. The van der Waals surface area contributed by atoms with Crippen molar-refractivity contribution in [2.45, 2.75) is 36.4 Å². The van der Waals surface area contributed by atoms with Crippen LogP contribution >= 0.6 is 0 Å². The molecule has 2 aliphatic rings. The zero-order valence-electron chi connectivity index (χ0n) is 13.0. The summed E-state index contributed by atoms with van der Waals surface area (Å²) in [5, 5.41) is 0. The first-order chi connectivity index (χ1) is 11.0. The van der Waals surface area contributed by atoms with Crippen LogP contribution in [0.4, 0.5) is 5.69 Å². The Kier molecular flexibility index (Phi) is 4.41. The van der Waals surface area contributed by atoms with E-state index in [1.54, 1.807) is 23.1 Å². The van der Waals surface area contributed by atoms with Crippen LogP contribution in [0.3, 0.4) is 0 Å². The van der Waals surface area contributed by atoms with Gasteiger partial charge in [-0.15, -0.1) is 0 Å². The summed E-state index contributed by atoms with van der Waals surface area (Å²) in [6.07, 6.45) is 1.60. The molecular weight excluding hydrogens is 318 g/mol. The summed E-state index contributed by atoms with van der Waals surface area (Å²) >= 11 is 0. The van der Waals surface area contributed by atoms with Gasteiger partial charge in [-0.2, -0.15) is 0 Å². The Morgan fingerprint density at radius 3 is 2.87 bits per heavy atom. The summed E-state index contributed by atoms with van der Waals surface area (Å²) in [4.78, 5) is 14.5. The number of amides is 1. The van der Waals surface area contributed by atoms with Crippen LogP contribution in [0.1, 0.15) is 18.4 Å². The maximum absolute atomic E-state index is 12.7. The molecule has 1 aromatic rings. The molecule has 8 heteroatoms. The number of carbonyl (C=O) groups is 1. The van der Waals surface area contributed by atoms with E-state index in [-0.39, 0.29) is 16.9 Å². The van der Waals surface area contributed by atoms with Crippen molar-refractivity contribution in [2.24, 2.45) is 5.73 Å². The van der Waals surface area contributed by atoms with Crippen LogP contribution in [-0.4, -0.2) is 46.7 Å². The fourth-order valence-corrected chi connectivity index (χ4v) is 3.86. The number of hydrogen-bond donors (Lipinski definition) is 2. The van der Waals surface area contributed by atoms with Gasteiger partial charge in [0.2, 0.25) is 10.0 Å². The second-order valence-electron chi connectivity index (χ2n) is 5.80. The molecular formula is C15H21N3O4S. The zero-order chi connectivity index (χ0) is 16.6. The summed E-state index contributed by atoms with van der Waals surface area (Å²) in [6, 6.07) is 4.89. The molecule has 3 N–H and O–H groups in total. The monoisotopic (exact) mass is 339 g/mol. The number of sulfonamides is 1. The van der Waals surface area contributed by atoms with Crippen molar-refractivity contribution >= 4 is 21.6 Å². The Morgan fingerprint density at radius 1 is 1.43 bits per heavy atom. The van der Waals surface area contributed by atoms with E-state index < -0.39 is 16.1 Å². The highest BCUT2D eigenvalue weighted by Gasteiger charge is 2.36. The molecule has 0 aliphatic carbocycles. The van der Waals surface area contributed by atoms with Gasteiger partial charge in [0.05, 0.1) is 11.0 Å². The number of rotatable bonds is 4. The average molecular weight is 339 g/mol. The van der Waals surface area contributed by atoms with Crippen LogP contribution in [0.15, 0.2) is 23.1 Å². The number of nitrogens with zero attached hydrogens (tertiary/aromatic N) is 1. The van der Waals surface area contributed by atoms with Crippen molar-refractivity contribution in [3.8, 4) is 0 Å². The molecule has 126 valence electrons. The topological polar surface area (TPSA) is 102 Å². The summed E-state index contributed by atoms with van der Waals surface area (Å²) in [6.45, 7) is 0.954. The molecule has 1 amide bonds. The van der Waals surface area contributed by atoms with Crippen molar-refractivity contribution in [1.82, 2.24) is 4.72 Å². The third-order valence-electron chi connectivity index (χ3n) is 4.44. The molecule has 23 heavy (non-hydrogen) atoms. The third kappa shape index (κ3) is 2.99. The van der Waals surface area contributed by atoms with Gasteiger partial charge in [-0.05, 0) is 44.0 Å². The summed E-state index contributed by atoms with van der Waals surface area (Å²) in [7, 11) is -2.17. The van der Waals surface area contributed by atoms with Crippen LogP contribution in [0, 0.1) is 0 Å². The minimum atomic E-state index is -3.54. The Hall–Kier alpha value is -1.48. The molecule has 0 spiro atoms. The smallest absolute Gasteiger partial charge is 0.256 e. The van der Waals surface area contributed by atoms with Gasteiger partial charge in [-0.25, -0.2) is 13.1 Å². The molecule has 3 rings (SSSR count). The van der Waals surface area contributed by atoms with E-state index in [9.17, 15) is 13.2 Å². The quantitative estimate of drug-likeness (QED) is 0.803. The van der Waals surface area contributed by atoms with E-state index in [4.69, 9.17) is 10.5 Å². The molecule has 0 aromatic heterocycles. The number of anilines is 1. The van der Waals surface area contributed by atoms with E-state index in [0.717, 1.165) is 12.0 Å². The van der Waals surface area contributed by atoms with Crippen LogP contribution in [0.2, 0.25) is 0 Å². The summed E-state index contributed by atoms with van der Waals surface area (Å²) < 4.78 is 31.9. The fourth-order valence-electron chi connectivity index (χ4n) is 3.11. The van der Waals surface area contributed by atoms with Crippen molar-refractivity contribution in [2.75, 3.05) is 25.0 Å². The number of carbonyl (C=O) groups excluding carboxylic acids is 1. The predicted octanol–water partition coefficient (Wildman–Crippen LogP) is -0.00990. The number of nitrogens with one attached hydrogen (secondary N) is 1. The van der Waals surface area contributed by atoms with Crippen LogP contribution in [0.25, 0.3) is 0 Å². The van der Waals surface area contributed by atoms with Crippen molar-refractivity contribution in [1.29, 1.82) is 0 Å². The molecule has 0 unspecified atom stereocenters. The van der Waals surface area contributed by atoms with E-state index in [1.165, 1.54) is 7.05 Å². The number of ether oxygens (including phenoxy) is 1. The number of nitrogens with two attached hydrogens (primary N) is 1. The Balaban J connectivity index is 1.86. The molecule has 0 bridgehead atoms. The summed E-state index contributed by atoms with van der Waals surface area (Å²) in [5.41, 5.74) is 7.22. The fraction of sp³-hybridized carbons (Fsp3) is 0.533. The van der Waals surface area contributed by atoms with Crippen LogP contribution < -0.4 is 15.4 Å². The van der Waals surface area contributed by atoms with E-state index in [2.05, 4.69) is 4.72 Å². The largest absolute Gasteiger partial charge is 0.364 e. The maximum Gasteiger partial charge on any atom is 0.256 e. The molecule has 2 atom stereocenters. The maximum atomic E-state index is 12.7. The van der Waals surface area contributed by atoms with Gasteiger partial charge in [-0.3, -0.25) is 4.79 Å². The zero-order valence-corrected chi connectivity index (χ0v) is 13.8. The molecule has 1 aromatic carbocycles. The Labute approximate surface area is 135 Å². The van der Waals surface area contributed by atoms with Gasteiger partial charge in [0.1, 0.15) is 6.10 Å². The van der Waals surface area contributed by atoms with E-state index in [0.29, 0.717) is 31.6 Å². The molecule has 0 radical (unpaired) electrons. The lowest BCUT2D eigenvalue weighted by molar-refractivity contribution is -0.129. The molecule has 1 fully saturated rings. The molecule has 7 nitrogen and oxygen atoms in total. The lowest BCUT2D eigenvalue weighted by atomic mass is 10.1. The number of benzene rings is 1. The minimum absolute atomic E-state index is 0.0676. The second kappa shape index (κ2) is 6.20. The highest BCUT2D eigenvalue weighted by Crippen LogP contribution is 2.32. The molecule has 1 saturated heterocycles. The highest BCUT2D eigenvalue weighted by molar-refractivity contribution is 7.89. The third-order valence-corrected chi connectivity index (χ3v) is 5.86. The van der Waals surface area contributed by atoms with E-state index in [1.807, 2.05) is 0 Å². The van der Waals surface area contributed by atoms with Gasteiger partial charge < -0.3 is 15.4 Å². The lowest BCUT2D eigenvalue weighted by Crippen LogP contribution is -2.38. The van der Waals surface area contributed by atoms with Crippen LogP contribution in [-0.2, 0) is 26.0 Å². The minimum Gasteiger partial charge on any atom is -0.364 e. The first-order valence-electron chi connectivity index (χ1n) is 7.69. The highest BCUT2D eigenvalue weighted by atomic mass is 32.2. The Bertz CT molecular complexity index is 719. The average Bonchev–Trinajstić information content (AvgIpc) is 3.20. The van der Waals surface area contributed by atoms with Gasteiger partial charge in [0, 0.05) is 18.8 Å². The molecule has 0 saturated carbocycles. The summed E-state index contributed by atoms with van der Waals surface area (Å²) in [5.74, 6) is -0.112. The number of fused-ring (bicyclic) bond motifs is 1. The first-order valence-corrected chi connectivity index (χ1v) is 9.18. The second-order valence-corrected chi connectivity index (χ2v) is 7.68. The normalized spacial score (nSPS) is 24.0. The van der Waals surface area contributed by atoms with Gasteiger partial charge in [0.25, 0.3) is 5.91 Å². The standard InChI is InChI=1S/C15H21N3O4S/c1-17-23(20,21)12-4-2-10-6-7-18(13(10)8-12)15(19)14-5-3-11(9-16)22-14/h2,4,8,11,14,17H,3,5-7,9,16H2,1H3/t11-,14+/m1/s1. The number of hydrogen-bond acceptors (Lipinski definition) is 5. The van der Waals surface area contributed by atoms with Crippen molar-refractivity contribution < 1.29 is 17.9 Å². The van der Waals surface area contributed by atoms with Crippen molar-refractivity contribution in [3.63, 3.8) is 0 Å². The van der Waals surface area contributed by atoms with Crippen molar-refractivity contribution in [3.05, 3.63) is 23.8 Å². The van der Waals surface area contributed by atoms with Gasteiger partial charge in [0.15, 0.2) is 0 Å². The van der Waals surface area contributed by atoms with E-state index >= 15 is 0 Å².